The van der Waals surface area contributed by atoms with Gasteiger partial charge in [-0.05, 0) is 49.4 Å². The average molecular weight is 1380 g/mol. The summed E-state index contributed by atoms with van der Waals surface area (Å²) in [4.78, 5) is 72.7. The van der Waals surface area contributed by atoms with Crippen LogP contribution in [0.5, 0.6) is 0 Å². The van der Waals surface area contributed by atoms with Gasteiger partial charge in [-0.1, -0.05) is 325 Å². The van der Waals surface area contributed by atoms with Crippen LogP contribution < -0.4 is 0 Å². The number of unbranched alkanes of at least 4 members (excludes halogenated alkanes) is 38. The number of aliphatic hydroxyl groups excluding tert-OH is 1. The van der Waals surface area contributed by atoms with Crippen LogP contribution in [0.25, 0.3) is 0 Å². The highest BCUT2D eigenvalue weighted by Crippen LogP contribution is 2.45. The smallest absolute Gasteiger partial charge is 0.462 e. The summed E-state index contributed by atoms with van der Waals surface area (Å²) in [6.07, 6.45) is 48.8. The van der Waals surface area contributed by atoms with Crippen molar-refractivity contribution >= 4 is 39.5 Å². The van der Waals surface area contributed by atoms with E-state index >= 15 is 0 Å². The lowest BCUT2D eigenvalue weighted by Gasteiger charge is -2.21. The van der Waals surface area contributed by atoms with Crippen molar-refractivity contribution in [1.29, 1.82) is 0 Å². The van der Waals surface area contributed by atoms with Crippen molar-refractivity contribution in [1.82, 2.24) is 0 Å². The summed E-state index contributed by atoms with van der Waals surface area (Å²) in [5.74, 6) is 0.867. The summed E-state index contributed by atoms with van der Waals surface area (Å²) in [7, 11) is -9.91. The fourth-order valence-corrected chi connectivity index (χ4v) is 13.0. The predicted octanol–water partition coefficient (Wildman–Crippen LogP) is 21.7. The quantitative estimate of drug-likeness (QED) is 0.0222. The molecule has 0 amide bonds. The van der Waals surface area contributed by atoms with E-state index in [1.165, 1.54) is 173 Å². The highest BCUT2D eigenvalue weighted by Gasteiger charge is 2.30. The van der Waals surface area contributed by atoms with E-state index in [0.29, 0.717) is 31.6 Å². The van der Waals surface area contributed by atoms with E-state index in [1.807, 2.05) is 0 Å². The molecule has 0 aliphatic heterocycles. The highest BCUT2D eigenvalue weighted by molar-refractivity contribution is 7.47. The van der Waals surface area contributed by atoms with Gasteiger partial charge in [0.15, 0.2) is 12.2 Å². The zero-order valence-electron chi connectivity index (χ0n) is 61.6. The van der Waals surface area contributed by atoms with Crippen molar-refractivity contribution in [2.75, 3.05) is 39.6 Å². The SMILES string of the molecule is CC(C)CCCCCCCCCCCCCCCCCCC(=O)O[C@H](COC(=O)CCCCCCCCCCC(C)C)COP(=O)(O)OC[C@@H](O)COP(=O)(O)OC[C@@H](COC(=O)CCCCCCCCC(C)C)OC(=O)CCCCCCCCCCCCCCC(C)C. The van der Waals surface area contributed by atoms with Crippen LogP contribution in [0, 0.1) is 23.7 Å². The van der Waals surface area contributed by atoms with Gasteiger partial charge in [0, 0.05) is 25.7 Å². The lowest BCUT2D eigenvalue weighted by Crippen LogP contribution is -2.30. The summed E-state index contributed by atoms with van der Waals surface area (Å²) in [5.41, 5.74) is 0. The number of carbonyl (C=O) groups is 4. The van der Waals surface area contributed by atoms with E-state index in [1.54, 1.807) is 0 Å². The number of ether oxygens (including phenoxy) is 4. The Morgan fingerprint density at radius 2 is 0.447 bits per heavy atom. The largest absolute Gasteiger partial charge is 0.472 e. The summed E-state index contributed by atoms with van der Waals surface area (Å²) < 4.78 is 68.4. The fraction of sp³-hybridized carbons (Fsp3) is 0.947. The molecule has 0 saturated heterocycles. The molecule has 19 heteroatoms. The van der Waals surface area contributed by atoms with Crippen molar-refractivity contribution in [3.8, 4) is 0 Å². The van der Waals surface area contributed by atoms with Crippen LogP contribution in [0.2, 0.25) is 0 Å². The molecule has 2 unspecified atom stereocenters. The minimum Gasteiger partial charge on any atom is -0.462 e. The molecular formula is C75H146O17P2. The fourth-order valence-electron chi connectivity index (χ4n) is 11.4. The maximum atomic E-state index is 13.1. The molecule has 0 aromatic carbocycles. The van der Waals surface area contributed by atoms with E-state index in [0.717, 1.165) is 114 Å². The second-order valence-corrected chi connectivity index (χ2v) is 31.9. The first-order valence-electron chi connectivity index (χ1n) is 38.7. The zero-order valence-corrected chi connectivity index (χ0v) is 63.4. The van der Waals surface area contributed by atoms with Gasteiger partial charge in [0.25, 0.3) is 0 Å². The number of carbonyl (C=O) groups excluding carboxylic acids is 4. The Labute approximate surface area is 575 Å². The summed E-state index contributed by atoms with van der Waals surface area (Å²) >= 11 is 0. The van der Waals surface area contributed by atoms with Gasteiger partial charge in [0.1, 0.15) is 19.3 Å². The van der Waals surface area contributed by atoms with Gasteiger partial charge in [-0.25, -0.2) is 9.13 Å². The molecule has 0 aromatic rings. The van der Waals surface area contributed by atoms with E-state index in [9.17, 15) is 43.2 Å². The Hall–Kier alpha value is -1.94. The number of rotatable bonds is 72. The Morgan fingerprint density at radius 3 is 0.660 bits per heavy atom. The van der Waals surface area contributed by atoms with Gasteiger partial charge in [-0.2, -0.15) is 0 Å². The van der Waals surface area contributed by atoms with Gasteiger partial charge in [-0.3, -0.25) is 37.3 Å². The molecule has 0 rings (SSSR count). The van der Waals surface area contributed by atoms with Gasteiger partial charge in [0.2, 0.25) is 0 Å². The van der Waals surface area contributed by atoms with E-state index in [4.69, 9.17) is 37.0 Å². The topological polar surface area (TPSA) is 237 Å². The third-order valence-electron chi connectivity index (χ3n) is 17.3. The highest BCUT2D eigenvalue weighted by atomic mass is 31.2. The molecule has 3 N–H and O–H groups in total. The van der Waals surface area contributed by atoms with Crippen LogP contribution in [-0.2, 0) is 65.4 Å². The molecule has 0 aliphatic carbocycles. The van der Waals surface area contributed by atoms with E-state index < -0.39 is 97.5 Å². The van der Waals surface area contributed by atoms with Crippen molar-refractivity contribution < 1.29 is 80.2 Å². The maximum absolute atomic E-state index is 13.1. The van der Waals surface area contributed by atoms with Crippen molar-refractivity contribution in [2.45, 2.75) is 395 Å². The van der Waals surface area contributed by atoms with Crippen molar-refractivity contribution in [3.05, 3.63) is 0 Å². The summed E-state index contributed by atoms with van der Waals surface area (Å²) in [5, 5.41) is 10.6. The van der Waals surface area contributed by atoms with E-state index in [-0.39, 0.29) is 25.7 Å². The van der Waals surface area contributed by atoms with Crippen LogP contribution in [0.4, 0.5) is 0 Å². The molecular weight excluding hydrogens is 1230 g/mol. The third-order valence-corrected chi connectivity index (χ3v) is 19.2. The van der Waals surface area contributed by atoms with Crippen LogP contribution in [0.3, 0.4) is 0 Å². The Balaban J connectivity index is 5.21. The molecule has 94 heavy (non-hydrogen) atoms. The van der Waals surface area contributed by atoms with Crippen LogP contribution >= 0.6 is 15.6 Å². The van der Waals surface area contributed by atoms with Gasteiger partial charge >= 0.3 is 39.5 Å². The first-order valence-corrected chi connectivity index (χ1v) is 41.7. The average Bonchev–Trinajstić information content (AvgIpc) is 1.54. The second-order valence-electron chi connectivity index (χ2n) is 28.9. The molecule has 0 bridgehead atoms. The van der Waals surface area contributed by atoms with Crippen LogP contribution in [0.1, 0.15) is 376 Å². The molecule has 0 aromatic heterocycles. The summed E-state index contributed by atoms with van der Waals surface area (Å²) in [6, 6.07) is 0. The standard InChI is InChI=1S/C75H146O17P2/c1-65(2)51-43-35-27-21-17-13-11-9-10-12-14-19-23-31-41-49-57-74(79)91-70(61-85-72(77)55-47-39-30-26-25-29-37-45-53-67(5)6)63-89-93(81,82)87-59-69(76)60-88-94(83,84)90-64-71(62-86-73(78)56-48-40-34-33-38-46-54-68(7)8)92-75(80)58-50-42-32-24-20-16-15-18-22-28-36-44-52-66(3)4/h65-71,76H,9-64H2,1-8H3,(H,81,82)(H,83,84)/t69-,70-,71-/m1/s1. The number of hydrogen-bond acceptors (Lipinski definition) is 15. The molecule has 0 heterocycles. The van der Waals surface area contributed by atoms with Gasteiger partial charge < -0.3 is 33.8 Å². The monoisotopic (exact) mass is 1380 g/mol. The molecule has 558 valence electrons. The van der Waals surface area contributed by atoms with Crippen molar-refractivity contribution in [3.63, 3.8) is 0 Å². The maximum Gasteiger partial charge on any atom is 0.472 e. The Morgan fingerprint density at radius 1 is 0.266 bits per heavy atom. The molecule has 0 fully saturated rings. The molecule has 0 aliphatic rings. The minimum absolute atomic E-state index is 0.105. The first-order chi connectivity index (χ1) is 45.1. The minimum atomic E-state index is -4.96. The zero-order chi connectivity index (χ0) is 69.6. The number of aliphatic hydroxyl groups is 1. The van der Waals surface area contributed by atoms with Gasteiger partial charge in [0.05, 0.1) is 26.4 Å². The second kappa shape index (κ2) is 64.4. The molecule has 0 radical (unpaired) electrons. The van der Waals surface area contributed by atoms with Crippen LogP contribution in [-0.4, -0.2) is 96.7 Å². The normalized spacial score (nSPS) is 14.2. The van der Waals surface area contributed by atoms with Crippen LogP contribution in [0.15, 0.2) is 0 Å². The Bertz CT molecular complexity index is 1850. The lowest BCUT2D eigenvalue weighted by atomic mass is 10.0. The molecule has 0 spiro atoms. The molecule has 17 nitrogen and oxygen atoms in total. The number of hydrogen-bond donors (Lipinski definition) is 3. The molecule has 5 atom stereocenters. The number of esters is 4. The first kappa shape index (κ1) is 92.1. The Kier molecular flexibility index (Phi) is 63.1. The predicted molar refractivity (Wildman–Crippen MR) is 381 cm³/mol. The lowest BCUT2D eigenvalue weighted by molar-refractivity contribution is -0.161. The number of phosphoric acid groups is 2. The number of phosphoric ester groups is 2. The third kappa shape index (κ3) is 68.6. The van der Waals surface area contributed by atoms with Crippen molar-refractivity contribution in [2.24, 2.45) is 23.7 Å². The van der Waals surface area contributed by atoms with Gasteiger partial charge in [-0.15, -0.1) is 0 Å². The van der Waals surface area contributed by atoms with E-state index in [2.05, 4.69) is 55.4 Å². The summed E-state index contributed by atoms with van der Waals surface area (Å²) in [6.45, 7) is 14.1. The molecule has 0 saturated carbocycles.